The van der Waals surface area contributed by atoms with Crippen LogP contribution in [0.1, 0.15) is 25.3 Å². The molecule has 1 aromatic carbocycles. The summed E-state index contributed by atoms with van der Waals surface area (Å²) in [5.41, 5.74) is 5.46. The summed E-state index contributed by atoms with van der Waals surface area (Å²) >= 11 is 0. The quantitative estimate of drug-likeness (QED) is 0.861. The summed E-state index contributed by atoms with van der Waals surface area (Å²) in [6.07, 6.45) is 0.939. The number of halogens is 1. The molecule has 6 heteroatoms. The third kappa shape index (κ3) is 3.58. The molecule has 5 nitrogen and oxygen atoms in total. The predicted octanol–water partition coefficient (Wildman–Crippen LogP) is 0.782. The monoisotopic (exact) mass is 293 g/mol. The maximum atomic E-state index is 13.2. The minimum atomic E-state index is -0.835. The van der Waals surface area contributed by atoms with Crippen LogP contribution in [0.2, 0.25) is 0 Å². The van der Waals surface area contributed by atoms with Crippen LogP contribution < -0.4 is 11.1 Å². The Hall–Kier alpha value is -1.95. The van der Waals surface area contributed by atoms with Crippen molar-refractivity contribution in [1.29, 1.82) is 0 Å². The molecule has 1 saturated heterocycles. The van der Waals surface area contributed by atoms with Gasteiger partial charge >= 0.3 is 0 Å². The van der Waals surface area contributed by atoms with Gasteiger partial charge in [0.05, 0.1) is 0 Å². The molecule has 0 bridgehead atoms. The molecule has 2 rings (SSSR count). The van der Waals surface area contributed by atoms with Gasteiger partial charge in [0.15, 0.2) is 0 Å². The standard InChI is InChI=1S/C15H20FN3O2/c1-11(20)19-7-5-15(6-8-19,14(17)21)18-10-12-3-2-4-13(16)9-12/h2-4,9,18H,5-8,10H2,1H3,(H2,17,21). The van der Waals surface area contributed by atoms with Crippen molar-refractivity contribution in [1.82, 2.24) is 10.2 Å². The molecule has 0 aromatic heterocycles. The number of carbonyl (C=O) groups is 2. The predicted molar refractivity (Wildman–Crippen MR) is 76.7 cm³/mol. The Morgan fingerprint density at radius 3 is 2.57 bits per heavy atom. The van der Waals surface area contributed by atoms with Crippen LogP contribution in [0.5, 0.6) is 0 Å². The Balaban J connectivity index is 2.03. The lowest BCUT2D eigenvalue weighted by Gasteiger charge is -2.40. The first-order chi connectivity index (χ1) is 9.93. The van der Waals surface area contributed by atoms with Gasteiger partial charge in [-0.15, -0.1) is 0 Å². The topological polar surface area (TPSA) is 75.4 Å². The number of hydrogen-bond donors (Lipinski definition) is 2. The maximum absolute atomic E-state index is 13.2. The number of nitrogens with one attached hydrogen (secondary N) is 1. The van der Waals surface area contributed by atoms with Crippen molar-refractivity contribution in [2.75, 3.05) is 13.1 Å². The smallest absolute Gasteiger partial charge is 0.237 e. The zero-order chi connectivity index (χ0) is 15.5. The van der Waals surface area contributed by atoms with E-state index in [-0.39, 0.29) is 11.7 Å². The molecular formula is C15H20FN3O2. The van der Waals surface area contributed by atoms with Crippen LogP contribution in [-0.4, -0.2) is 35.3 Å². The van der Waals surface area contributed by atoms with Gasteiger partial charge in [0.1, 0.15) is 11.4 Å². The largest absolute Gasteiger partial charge is 0.368 e. The Morgan fingerprint density at radius 2 is 2.05 bits per heavy atom. The van der Waals surface area contributed by atoms with Gasteiger partial charge in [0.2, 0.25) is 11.8 Å². The van der Waals surface area contributed by atoms with Crippen LogP contribution >= 0.6 is 0 Å². The molecule has 1 aliphatic rings. The van der Waals surface area contributed by atoms with Crippen molar-refractivity contribution in [3.63, 3.8) is 0 Å². The molecule has 0 unspecified atom stereocenters. The van der Waals surface area contributed by atoms with Gasteiger partial charge in [-0.3, -0.25) is 14.9 Å². The third-order valence-corrected chi connectivity index (χ3v) is 4.05. The number of amides is 2. The summed E-state index contributed by atoms with van der Waals surface area (Å²) in [7, 11) is 0. The Morgan fingerprint density at radius 1 is 1.38 bits per heavy atom. The number of nitrogens with two attached hydrogens (primary N) is 1. The van der Waals surface area contributed by atoms with E-state index < -0.39 is 11.4 Å². The highest BCUT2D eigenvalue weighted by Crippen LogP contribution is 2.23. The van der Waals surface area contributed by atoms with E-state index in [1.165, 1.54) is 19.1 Å². The van der Waals surface area contributed by atoms with Crippen LogP contribution in [0, 0.1) is 5.82 Å². The van der Waals surface area contributed by atoms with E-state index in [1.807, 2.05) is 0 Å². The number of piperidine rings is 1. The van der Waals surface area contributed by atoms with Gasteiger partial charge in [0.25, 0.3) is 0 Å². The fourth-order valence-corrected chi connectivity index (χ4v) is 2.63. The van der Waals surface area contributed by atoms with Gasteiger partial charge in [-0.05, 0) is 30.5 Å². The van der Waals surface area contributed by atoms with Gasteiger partial charge in [0, 0.05) is 26.6 Å². The molecule has 0 atom stereocenters. The molecule has 0 aliphatic carbocycles. The normalized spacial score (nSPS) is 17.5. The van der Waals surface area contributed by atoms with Crippen LogP contribution in [-0.2, 0) is 16.1 Å². The van der Waals surface area contributed by atoms with Crippen molar-refractivity contribution in [2.24, 2.45) is 5.73 Å². The molecule has 0 spiro atoms. The summed E-state index contributed by atoms with van der Waals surface area (Å²) in [5, 5.41) is 3.16. The SMILES string of the molecule is CC(=O)N1CCC(NCc2cccc(F)c2)(C(N)=O)CC1. The third-order valence-electron chi connectivity index (χ3n) is 4.05. The summed E-state index contributed by atoms with van der Waals surface area (Å²) in [6.45, 7) is 2.86. The Bertz CT molecular complexity index is 539. The number of hydrogen-bond acceptors (Lipinski definition) is 3. The molecule has 1 aliphatic heterocycles. The van der Waals surface area contributed by atoms with Crippen LogP contribution in [0.4, 0.5) is 4.39 Å². The first-order valence-corrected chi connectivity index (χ1v) is 6.98. The number of rotatable bonds is 4. The number of primary amides is 1. The minimum Gasteiger partial charge on any atom is -0.368 e. The summed E-state index contributed by atoms with van der Waals surface area (Å²) in [6, 6.07) is 6.21. The highest BCUT2D eigenvalue weighted by atomic mass is 19.1. The van der Waals surface area contributed by atoms with Crippen LogP contribution in [0.3, 0.4) is 0 Å². The lowest BCUT2D eigenvalue weighted by molar-refractivity contribution is -0.134. The minimum absolute atomic E-state index is 0.00167. The van der Waals surface area contributed by atoms with Crippen molar-refractivity contribution in [3.05, 3.63) is 35.6 Å². The van der Waals surface area contributed by atoms with Crippen molar-refractivity contribution >= 4 is 11.8 Å². The highest BCUT2D eigenvalue weighted by molar-refractivity contribution is 5.85. The second-order valence-electron chi connectivity index (χ2n) is 5.44. The lowest BCUT2D eigenvalue weighted by Crippen LogP contribution is -2.61. The number of benzene rings is 1. The molecule has 21 heavy (non-hydrogen) atoms. The fraction of sp³-hybridized carbons (Fsp3) is 0.467. The maximum Gasteiger partial charge on any atom is 0.237 e. The summed E-state index contributed by atoms with van der Waals surface area (Å²) < 4.78 is 13.2. The Labute approximate surface area is 123 Å². The van der Waals surface area contributed by atoms with Crippen molar-refractivity contribution in [3.8, 4) is 0 Å². The first-order valence-electron chi connectivity index (χ1n) is 6.98. The zero-order valence-electron chi connectivity index (χ0n) is 12.1. The lowest BCUT2D eigenvalue weighted by atomic mass is 9.86. The van der Waals surface area contributed by atoms with Crippen molar-refractivity contribution in [2.45, 2.75) is 31.8 Å². The number of carbonyl (C=O) groups excluding carboxylic acids is 2. The molecular weight excluding hydrogens is 273 g/mol. The fourth-order valence-electron chi connectivity index (χ4n) is 2.63. The van der Waals surface area contributed by atoms with E-state index in [1.54, 1.807) is 17.0 Å². The van der Waals surface area contributed by atoms with E-state index in [9.17, 15) is 14.0 Å². The molecule has 0 saturated carbocycles. The summed E-state index contributed by atoms with van der Waals surface area (Å²) in [5.74, 6) is -0.742. The summed E-state index contributed by atoms with van der Waals surface area (Å²) in [4.78, 5) is 24.9. The molecule has 114 valence electrons. The van der Waals surface area contributed by atoms with Crippen LogP contribution in [0.15, 0.2) is 24.3 Å². The van der Waals surface area contributed by atoms with Crippen LogP contribution in [0.25, 0.3) is 0 Å². The highest BCUT2D eigenvalue weighted by Gasteiger charge is 2.39. The average molecular weight is 293 g/mol. The van der Waals surface area contributed by atoms with E-state index in [2.05, 4.69) is 5.32 Å². The van der Waals surface area contributed by atoms with E-state index >= 15 is 0 Å². The zero-order valence-corrected chi connectivity index (χ0v) is 12.1. The second-order valence-corrected chi connectivity index (χ2v) is 5.44. The molecule has 1 aromatic rings. The molecule has 1 heterocycles. The van der Waals surface area contributed by atoms with E-state index in [0.29, 0.717) is 32.5 Å². The first kappa shape index (κ1) is 15.4. The van der Waals surface area contributed by atoms with Gasteiger partial charge < -0.3 is 10.6 Å². The Kier molecular flexibility index (Phi) is 4.57. The molecule has 2 amide bonds. The average Bonchev–Trinajstić information content (AvgIpc) is 2.45. The number of likely N-dealkylation sites (tertiary alicyclic amines) is 1. The van der Waals surface area contributed by atoms with Gasteiger partial charge in [-0.25, -0.2) is 4.39 Å². The van der Waals surface area contributed by atoms with Crippen molar-refractivity contribution < 1.29 is 14.0 Å². The number of nitrogens with zero attached hydrogens (tertiary/aromatic N) is 1. The van der Waals surface area contributed by atoms with Gasteiger partial charge in [-0.1, -0.05) is 12.1 Å². The second kappa shape index (κ2) is 6.22. The van der Waals surface area contributed by atoms with E-state index in [0.717, 1.165) is 5.56 Å². The molecule has 3 N–H and O–H groups in total. The molecule has 1 fully saturated rings. The van der Waals surface area contributed by atoms with Gasteiger partial charge in [-0.2, -0.15) is 0 Å². The molecule has 0 radical (unpaired) electrons. The van der Waals surface area contributed by atoms with E-state index in [4.69, 9.17) is 5.73 Å².